The third-order valence-electron chi connectivity index (χ3n) is 5.76. The van der Waals surface area contributed by atoms with Gasteiger partial charge < -0.3 is 14.1 Å². The number of benzene rings is 1. The Morgan fingerprint density at radius 2 is 2.17 bits per heavy atom. The Labute approximate surface area is 171 Å². The molecule has 0 bridgehead atoms. The summed E-state index contributed by atoms with van der Waals surface area (Å²) in [6.45, 7) is 1.11. The van der Waals surface area contributed by atoms with Crippen LogP contribution >= 0.6 is 0 Å². The molecule has 0 radical (unpaired) electrons. The van der Waals surface area contributed by atoms with Gasteiger partial charge in [0, 0.05) is 31.5 Å². The number of hydrogen-bond donors (Lipinski definition) is 1. The average Bonchev–Trinajstić information content (AvgIpc) is 3.45. The summed E-state index contributed by atoms with van der Waals surface area (Å²) in [5.74, 6) is 0.302. The fourth-order valence-electron chi connectivity index (χ4n) is 4.23. The number of piperidine rings is 1. The summed E-state index contributed by atoms with van der Waals surface area (Å²) < 4.78 is 24.8. The van der Waals surface area contributed by atoms with Crippen LogP contribution in [0.4, 0.5) is 4.39 Å². The topological polar surface area (TPSA) is 88.4 Å². The number of halogens is 1. The number of hydrogen-bond acceptors (Lipinski definition) is 5. The first-order valence-corrected chi connectivity index (χ1v) is 9.96. The maximum absolute atomic E-state index is 13.4. The van der Waals surface area contributed by atoms with E-state index in [1.165, 1.54) is 18.2 Å². The molecule has 2 aromatic heterocycles. The summed E-state index contributed by atoms with van der Waals surface area (Å²) in [5.41, 5.74) is 1.25. The Hall–Kier alpha value is -3.42. The van der Waals surface area contributed by atoms with Crippen molar-refractivity contribution in [2.75, 3.05) is 13.1 Å². The van der Waals surface area contributed by atoms with E-state index >= 15 is 0 Å². The first kappa shape index (κ1) is 18.6. The van der Waals surface area contributed by atoms with Crippen molar-refractivity contribution in [2.24, 2.45) is 5.92 Å². The van der Waals surface area contributed by atoms with Crippen LogP contribution in [0, 0.1) is 11.7 Å². The number of nitrogens with one attached hydrogen (secondary N) is 1. The van der Waals surface area contributed by atoms with Gasteiger partial charge in [-0.3, -0.25) is 14.7 Å². The van der Waals surface area contributed by atoms with Gasteiger partial charge in [-0.05, 0) is 43.2 Å². The summed E-state index contributed by atoms with van der Waals surface area (Å²) >= 11 is 0. The fourth-order valence-corrected chi connectivity index (χ4v) is 4.23. The summed E-state index contributed by atoms with van der Waals surface area (Å²) in [4.78, 5) is 27.2. The zero-order valence-corrected chi connectivity index (χ0v) is 16.1. The maximum atomic E-state index is 13.4. The molecule has 8 heteroatoms. The molecule has 2 atom stereocenters. The number of ether oxygens (including phenoxy) is 1. The number of carbonyl (C=O) groups is 2. The summed E-state index contributed by atoms with van der Waals surface area (Å²) in [6, 6.07) is 9.25. The van der Waals surface area contributed by atoms with Gasteiger partial charge in [-0.2, -0.15) is 5.10 Å². The van der Waals surface area contributed by atoms with Crippen LogP contribution in [0.2, 0.25) is 0 Å². The number of aromatic amines is 1. The van der Waals surface area contributed by atoms with Crippen LogP contribution in [0.15, 0.2) is 47.1 Å². The number of rotatable bonds is 3. The molecular formula is C22H20FN3O4. The van der Waals surface area contributed by atoms with Crippen molar-refractivity contribution in [2.45, 2.75) is 25.4 Å². The Bertz CT molecular complexity index is 1090. The molecule has 154 valence electrons. The highest BCUT2D eigenvalue weighted by atomic mass is 19.1. The third-order valence-corrected chi connectivity index (χ3v) is 5.76. The molecule has 0 saturated carbocycles. The number of ketones is 1. The fraction of sp³-hybridized carbons (Fsp3) is 0.318. The molecule has 0 unspecified atom stereocenters. The van der Waals surface area contributed by atoms with E-state index in [4.69, 9.17) is 9.15 Å². The smallest absolute Gasteiger partial charge is 0.274 e. The zero-order chi connectivity index (χ0) is 20.7. The number of nitrogens with zero attached hydrogens (tertiary/aromatic N) is 2. The summed E-state index contributed by atoms with van der Waals surface area (Å²) in [7, 11) is 0. The lowest BCUT2D eigenvalue weighted by Gasteiger charge is -2.38. The molecule has 1 amide bonds. The van der Waals surface area contributed by atoms with Gasteiger partial charge in [-0.25, -0.2) is 4.39 Å². The molecule has 2 aliphatic heterocycles. The van der Waals surface area contributed by atoms with Crippen LogP contribution < -0.4 is 4.74 Å². The zero-order valence-electron chi connectivity index (χ0n) is 16.1. The van der Waals surface area contributed by atoms with Crippen LogP contribution in [-0.4, -0.2) is 46.0 Å². The van der Waals surface area contributed by atoms with E-state index in [1.807, 2.05) is 0 Å². The first-order valence-electron chi connectivity index (χ1n) is 9.96. The second-order valence-corrected chi connectivity index (χ2v) is 7.72. The largest absolute Gasteiger partial charge is 0.489 e. The van der Waals surface area contributed by atoms with Crippen molar-refractivity contribution in [1.82, 2.24) is 15.1 Å². The lowest BCUT2D eigenvalue weighted by Crippen LogP contribution is -2.46. The number of amides is 1. The van der Waals surface area contributed by atoms with E-state index < -0.39 is 5.82 Å². The number of likely N-dealkylation sites (tertiary alicyclic amines) is 1. The Balaban J connectivity index is 1.30. The minimum atomic E-state index is -0.452. The molecule has 3 aromatic rings. The van der Waals surface area contributed by atoms with E-state index in [1.54, 1.807) is 29.4 Å². The van der Waals surface area contributed by atoms with Crippen LogP contribution in [0.3, 0.4) is 0 Å². The van der Waals surface area contributed by atoms with Crippen LogP contribution in [-0.2, 0) is 0 Å². The number of fused-ring (bicyclic) bond motifs is 1. The van der Waals surface area contributed by atoms with E-state index in [0.717, 1.165) is 12.8 Å². The van der Waals surface area contributed by atoms with Gasteiger partial charge >= 0.3 is 0 Å². The highest BCUT2D eigenvalue weighted by Crippen LogP contribution is 2.34. The van der Waals surface area contributed by atoms with Crippen molar-refractivity contribution < 1.29 is 23.1 Å². The van der Waals surface area contributed by atoms with Crippen molar-refractivity contribution in [3.05, 3.63) is 59.7 Å². The molecular weight excluding hydrogens is 389 g/mol. The predicted octanol–water partition coefficient (Wildman–Crippen LogP) is 3.70. The molecule has 1 N–H and O–H groups in total. The first-order chi connectivity index (χ1) is 14.6. The molecule has 0 aliphatic carbocycles. The van der Waals surface area contributed by atoms with E-state index in [-0.39, 0.29) is 35.7 Å². The molecule has 1 aromatic carbocycles. The Morgan fingerprint density at radius 1 is 1.27 bits per heavy atom. The van der Waals surface area contributed by atoms with Crippen molar-refractivity contribution in [3.63, 3.8) is 0 Å². The van der Waals surface area contributed by atoms with Crippen molar-refractivity contribution >= 4 is 11.7 Å². The normalized spacial score (nSPS) is 21.2. The highest BCUT2D eigenvalue weighted by molar-refractivity contribution is 6.00. The van der Waals surface area contributed by atoms with Gasteiger partial charge in [0.15, 0.2) is 17.2 Å². The SMILES string of the molecule is O=C1C[C@@H]([C@@H]2CCCN(C(=O)c3cc(-c4ccco4)[nH]n3)C2)Oc2ccc(F)cc21. The minimum absolute atomic E-state index is 0.0216. The average molecular weight is 409 g/mol. The maximum Gasteiger partial charge on any atom is 0.274 e. The van der Waals surface area contributed by atoms with Gasteiger partial charge in [0.2, 0.25) is 0 Å². The standard InChI is InChI=1S/C22H20FN3O4/c23-14-5-6-19-15(9-14)18(27)11-21(30-19)13-3-1-7-26(12-13)22(28)17-10-16(24-25-17)20-4-2-8-29-20/h2,4-6,8-10,13,21H,1,3,7,11-12H2,(H,24,25)/t13-,21+/m1/s1. The quantitative estimate of drug-likeness (QED) is 0.713. The molecule has 2 aliphatic rings. The number of H-pyrrole nitrogens is 1. The molecule has 5 rings (SSSR count). The Morgan fingerprint density at radius 3 is 3.00 bits per heavy atom. The van der Waals surface area contributed by atoms with Gasteiger partial charge in [0.25, 0.3) is 5.91 Å². The molecule has 7 nitrogen and oxygen atoms in total. The van der Waals surface area contributed by atoms with E-state index in [0.29, 0.717) is 36.0 Å². The summed E-state index contributed by atoms with van der Waals surface area (Å²) in [6.07, 6.45) is 3.09. The second kappa shape index (κ2) is 7.44. The number of Topliss-reactive ketones (excluding diaryl/α,β-unsaturated/α-hetero) is 1. The molecule has 1 saturated heterocycles. The van der Waals surface area contributed by atoms with Crippen molar-refractivity contribution in [3.8, 4) is 17.2 Å². The summed E-state index contributed by atoms with van der Waals surface area (Å²) in [5, 5.41) is 6.97. The lowest BCUT2D eigenvalue weighted by molar-refractivity contribution is 0.0405. The molecule has 4 heterocycles. The van der Waals surface area contributed by atoms with Gasteiger partial charge in [-0.1, -0.05) is 0 Å². The predicted molar refractivity (Wildman–Crippen MR) is 105 cm³/mol. The van der Waals surface area contributed by atoms with Gasteiger partial charge in [0.05, 0.1) is 11.8 Å². The third kappa shape index (κ3) is 3.38. The Kier molecular flexibility index (Phi) is 4.61. The molecule has 0 spiro atoms. The molecule has 1 fully saturated rings. The highest BCUT2D eigenvalue weighted by Gasteiger charge is 2.36. The second-order valence-electron chi connectivity index (χ2n) is 7.72. The van der Waals surface area contributed by atoms with Crippen LogP contribution in [0.25, 0.3) is 11.5 Å². The van der Waals surface area contributed by atoms with Crippen molar-refractivity contribution in [1.29, 1.82) is 0 Å². The van der Waals surface area contributed by atoms with Gasteiger partial charge in [-0.15, -0.1) is 0 Å². The van der Waals surface area contributed by atoms with E-state index in [9.17, 15) is 14.0 Å². The molecule has 30 heavy (non-hydrogen) atoms. The van der Waals surface area contributed by atoms with Crippen LogP contribution in [0.1, 0.15) is 40.1 Å². The minimum Gasteiger partial charge on any atom is -0.489 e. The monoisotopic (exact) mass is 409 g/mol. The number of furan rings is 1. The lowest BCUT2D eigenvalue weighted by atomic mass is 9.86. The number of aromatic nitrogens is 2. The number of carbonyl (C=O) groups excluding carboxylic acids is 2. The van der Waals surface area contributed by atoms with Gasteiger partial charge in [0.1, 0.15) is 23.4 Å². The van der Waals surface area contributed by atoms with E-state index in [2.05, 4.69) is 10.2 Å². The van der Waals surface area contributed by atoms with Crippen LogP contribution in [0.5, 0.6) is 5.75 Å².